The Morgan fingerprint density at radius 3 is 2.81 bits per heavy atom. The first-order valence-electron chi connectivity index (χ1n) is 6.25. The number of pyridine rings is 1. The summed E-state index contributed by atoms with van der Waals surface area (Å²) in [4.78, 5) is 16.6. The van der Waals surface area contributed by atoms with Crippen LogP contribution in [0.3, 0.4) is 0 Å². The molecular weight excluding hydrogens is 335 g/mol. The zero-order valence-corrected chi connectivity index (χ0v) is 12.4. The van der Waals surface area contributed by atoms with Crippen molar-refractivity contribution in [3.8, 4) is 0 Å². The molecule has 3 nitrogen and oxygen atoms in total. The van der Waals surface area contributed by atoms with Gasteiger partial charge >= 0.3 is 0 Å². The summed E-state index contributed by atoms with van der Waals surface area (Å²) in [5, 5.41) is 3.45. The van der Waals surface area contributed by atoms with Gasteiger partial charge in [0.2, 0.25) is 0 Å². The van der Waals surface area contributed by atoms with Gasteiger partial charge in [0.05, 0.1) is 9.99 Å². The summed E-state index contributed by atoms with van der Waals surface area (Å²) < 4.78 is 13.8. The van der Waals surface area contributed by atoms with Crippen LogP contribution in [0.2, 0.25) is 0 Å². The first-order chi connectivity index (χ1) is 10.1. The van der Waals surface area contributed by atoms with E-state index in [1.807, 2.05) is 12.1 Å². The Bertz CT molecular complexity index is 830. The number of halogens is 2. The van der Waals surface area contributed by atoms with E-state index >= 15 is 0 Å². The van der Waals surface area contributed by atoms with Crippen LogP contribution < -0.4 is 5.32 Å². The van der Waals surface area contributed by atoms with Gasteiger partial charge in [-0.15, -0.1) is 0 Å². The SMILES string of the molecule is O=C(Nc1ccc(Br)c(F)c1)c1cccc2ncccc12. The second-order valence-corrected chi connectivity index (χ2v) is 5.31. The highest BCUT2D eigenvalue weighted by atomic mass is 79.9. The maximum atomic E-state index is 13.5. The number of benzene rings is 2. The van der Waals surface area contributed by atoms with Crippen LogP contribution in [0.25, 0.3) is 10.9 Å². The van der Waals surface area contributed by atoms with Gasteiger partial charge in [-0.1, -0.05) is 12.1 Å². The molecule has 0 radical (unpaired) electrons. The van der Waals surface area contributed by atoms with E-state index in [9.17, 15) is 9.18 Å². The van der Waals surface area contributed by atoms with Gasteiger partial charge in [0.25, 0.3) is 5.91 Å². The lowest BCUT2D eigenvalue weighted by molar-refractivity contribution is 0.102. The topological polar surface area (TPSA) is 42.0 Å². The molecule has 0 unspecified atom stereocenters. The highest BCUT2D eigenvalue weighted by Gasteiger charge is 2.11. The van der Waals surface area contributed by atoms with Crippen molar-refractivity contribution >= 4 is 38.4 Å². The van der Waals surface area contributed by atoms with Crippen LogP contribution in [0.5, 0.6) is 0 Å². The summed E-state index contributed by atoms with van der Waals surface area (Å²) in [5.74, 6) is -0.720. The van der Waals surface area contributed by atoms with Gasteiger partial charge in [-0.25, -0.2) is 4.39 Å². The van der Waals surface area contributed by atoms with Crippen molar-refractivity contribution in [2.75, 3.05) is 5.32 Å². The van der Waals surface area contributed by atoms with Crippen molar-refractivity contribution in [1.82, 2.24) is 4.98 Å². The maximum Gasteiger partial charge on any atom is 0.256 e. The van der Waals surface area contributed by atoms with Crippen molar-refractivity contribution in [2.45, 2.75) is 0 Å². The fraction of sp³-hybridized carbons (Fsp3) is 0. The minimum absolute atomic E-state index is 0.296. The standard InChI is InChI=1S/C16H10BrFN2O/c17-13-7-6-10(9-14(13)18)20-16(21)12-3-1-5-15-11(12)4-2-8-19-15/h1-9H,(H,20,21). The Balaban J connectivity index is 1.95. The second-order valence-electron chi connectivity index (χ2n) is 4.46. The molecule has 3 rings (SSSR count). The summed E-state index contributed by atoms with van der Waals surface area (Å²) in [7, 11) is 0. The molecule has 1 N–H and O–H groups in total. The molecule has 0 aliphatic carbocycles. The summed E-state index contributed by atoms with van der Waals surface area (Å²) >= 11 is 3.08. The molecule has 5 heteroatoms. The Morgan fingerprint density at radius 1 is 1.14 bits per heavy atom. The van der Waals surface area contributed by atoms with E-state index in [0.29, 0.717) is 15.7 Å². The molecule has 3 aromatic rings. The number of hydrogen-bond donors (Lipinski definition) is 1. The number of anilines is 1. The number of hydrogen-bond acceptors (Lipinski definition) is 2. The Labute approximate surface area is 128 Å². The van der Waals surface area contributed by atoms with Crippen LogP contribution in [-0.2, 0) is 0 Å². The van der Waals surface area contributed by atoms with Crippen molar-refractivity contribution in [1.29, 1.82) is 0 Å². The van der Waals surface area contributed by atoms with Crippen LogP contribution in [-0.4, -0.2) is 10.9 Å². The van der Waals surface area contributed by atoms with Crippen LogP contribution in [0.1, 0.15) is 10.4 Å². The molecule has 0 bridgehead atoms. The molecular formula is C16H10BrFN2O. The maximum absolute atomic E-state index is 13.5. The lowest BCUT2D eigenvalue weighted by Gasteiger charge is -2.08. The molecule has 0 fully saturated rings. The molecule has 0 spiro atoms. The lowest BCUT2D eigenvalue weighted by atomic mass is 10.1. The second kappa shape index (κ2) is 5.61. The third-order valence-electron chi connectivity index (χ3n) is 3.07. The van der Waals surface area contributed by atoms with Gasteiger partial charge in [0, 0.05) is 22.8 Å². The van der Waals surface area contributed by atoms with Crippen LogP contribution in [0, 0.1) is 5.82 Å². The largest absolute Gasteiger partial charge is 0.322 e. The zero-order chi connectivity index (χ0) is 14.8. The number of nitrogens with one attached hydrogen (secondary N) is 1. The average molecular weight is 345 g/mol. The molecule has 2 aromatic carbocycles. The molecule has 21 heavy (non-hydrogen) atoms. The van der Waals surface area contributed by atoms with Crippen LogP contribution in [0.15, 0.2) is 59.2 Å². The number of fused-ring (bicyclic) bond motifs is 1. The third kappa shape index (κ3) is 2.78. The highest BCUT2D eigenvalue weighted by Crippen LogP contribution is 2.21. The Hall–Kier alpha value is -2.27. The first kappa shape index (κ1) is 13.7. The van der Waals surface area contributed by atoms with E-state index < -0.39 is 5.82 Å². The lowest BCUT2D eigenvalue weighted by Crippen LogP contribution is -2.12. The van der Waals surface area contributed by atoms with E-state index in [1.54, 1.807) is 36.5 Å². The fourth-order valence-electron chi connectivity index (χ4n) is 2.07. The minimum Gasteiger partial charge on any atom is -0.322 e. The van der Waals surface area contributed by atoms with E-state index in [0.717, 1.165) is 10.9 Å². The van der Waals surface area contributed by atoms with E-state index in [2.05, 4.69) is 26.2 Å². The molecule has 104 valence electrons. The number of rotatable bonds is 2. The number of carbonyl (C=O) groups is 1. The number of amides is 1. The highest BCUT2D eigenvalue weighted by molar-refractivity contribution is 9.10. The van der Waals surface area contributed by atoms with E-state index in [-0.39, 0.29) is 5.91 Å². The van der Waals surface area contributed by atoms with Gasteiger partial charge in [-0.05, 0) is 52.3 Å². The Morgan fingerprint density at radius 2 is 2.00 bits per heavy atom. The quantitative estimate of drug-likeness (QED) is 0.749. The monoisotopic (exact) mass is 344 g/mol. The van der Waals surface area contributed by atoms with Crippen molar-refractivity contribution < 1.29 is 9.18 Å². The smallest absolute Gasteiger partial charge is 0.256 e. The van der Waals surface area contributed by atoms with Crippen molar-refractivity contribution in [3.05, 3.63) is 70.6 Å². The van der Waals surface area contributed by atoms with Crippen LogP contribution >= 0.6 is 15.9 Å². The van der Waals surface area contributed by atoms with Gasteiger partial charge in [0.1, 0.15) is 5.82 Å². The van der Waals surface area contributed by atoms with Gasteiger partial charge in [-0.2, -0.15) is 0 Å². The zero-order valence-electron chi connectivity index (χ0n) is 10.8. The van der Waals surface area contributed by atoms with E-state index in [4.69, 9.17) is 0 Å². The predicted molar refractivity (Wildman–Crippen MR) is 83.8 cm³/mol. The molecule has 0 atom stereocenters. The molecule has 0 saturated heterocycles. The Kier molecular flexibility index (Phi) is 3.66. The van der Waals surface area contributed by atoms with Crippen molar-refractivity contribution in [3.63, 3.8) is 0 Å². The van der Waals surface area contributed by atoms with Gasteiger partial charge in [0.15, 0.2) is 0 Å². The normalized spacial score (nSPS) is 10.6. The average Bonchev–Trinajstić information content (AvgIpc) is 2.50. The van der Waals surface area contributed by atoms with Gasteiger partial charge < -0.3 is 5.32 Å². The first-order valence-corrected chi connectivity index (χ1v) is 7.04. The molecule has 0 saturated carbocycles. The number of nitrogens with zero attached hydrogens (tertiary/aromatic N) is 1. The summed E-state index contributed by atoms with van der Waals surface area (Å²) in [6, 6.07) is 13.4. The van der Waals surface area contributed by atoms with Crippen molar-refractivity contribution in [2.24, 2.45) is 0 Å². The van der Waals surface area contributed by atoms with Crippen LogP contribution in [0.4, 0.5) is 10.1 Å². The summed E-state index contributed by atoms with van der Waals surface area (Å²) in [6.45, 7) is 0. The fourth-order valence-corrected chi connectivity index (χ4v) is 2.32. The number of aromatic nitrogens is 1. The minimum atomic E-state index is -0.424. The molecule has 0 aliphatic rings. The molecule has 1 amide bonds. The third-order valence-corrected chi connectivity index (χ3v) is 3.71. The van der Waals surface area contributed by atoms with Gasteiger partial charge in [-0.3, -0.25) is 9.78 Å². The number of carbonyl (C=O) groups excluding carboxylic acids is 1. The molecule has 1 aromatic heterocycles. The summed E-state index contributed by atoms with van der Waals surface area (Å²) in [6.07, 6.45) is 1.67. The predicted octanol–water partition coefficient (Wildman–Crippen LogP) is 4.39. The van der Waals surface area contributed by atoms with E-state index in [1.165, 1.54) is 6.07 Å². The summed E-state index contributed by atoms with van der Waals surface area (Å²) in [5.41, 5.74) is 1.65. The molecule has 1 heterocycles. The molecule has 0 aliphatic heterocycles.